The molecule has 3 rings (SSSR count). The number of carbonyl (C=O) groups is 2. The molecule has 2 amide bonds. The van der Waals surface area contributed by atoms with Crippen molar-refractivity contribution in [1.29, 1.82) is 0 Å². The molecule has 1 aromatic rings. The lowest BCUT2D eigenvalue weighted by Gasteiger charge is -2.32. The quantitative estimate of drug-likeness (QED) is 0.781. The molecule has 2 aliphatic rings. The van der Waals surface area contributed by atoms with Gasteiger partial charge in [-0.15, -0.1) is 0 Å². The Balaban J connectivity index is 1.67. The van der Waals surface area contributed by atoms with Crippen molar-refractivity contribution in [3.8, 4) is 0 Å². The zero-order valence-corrected chi connectivity index (χ0v) is 17.1. The van der Waals surface area contributed by atoms with E-state index in [-0.39, 0.29) is 11.9 Å². The summed E-state index contributed by atoms with van der Waals surface area (Å²) < 4.78 is 0. The van der Waals surface area contributed by atoms with Crippen LogP contribution in [0, 0.1) is 11.8 Å². The van der Waals surface area contributed by atoms with Gasteiger partial charge in [-0.2, -0.15) is 0 Å². The normalized spacial score (nSPS) is 20.0. The van der Waals surface area contributed by atoms with Gasteiger partial charge in [-0.25, -0.2) is 9.97 Å². The highest BCUT2D eigenvalue weighted by Crippen LogP contribution is 2.31. The fourth-order valence-electron chi connectivity index (χ4n) is 4.50. The minimum Gasteiger partial charge on any atom is -0.366 e. The molecular weight excluding hydrogens is 354 g/mol. The number of hydrogen-bond acceptors (Lipinski definition) is 5. The number of primary amides is 1. The summed E-state index contributed by atoms with van der Waals surface area (Å²) in [6, 6.07) is 0.173. The molecule has 1 atom stereocenters. The third-order valence-corrected chi connectivity index (χ3v) is 6.34. The number of nitrogens with zero attached hydrogens (tertiary/aromatic N) is 3. The molecule has 3 N–H and O–H groups in total. The Morgan fingerprint density at radius 3 is 2.50 bits per heavy atom. The minimum absolute atomic E-state index is 0.109. The molecule has 1 aliphatic carbocycles. The highest BCUT2D eigenvalue weighted by atomic mass is 16.2. The Bertz CT molecular complexity index is 694. The topological polar surface area (TPSA) is 101 Å². The zero-order chi connectivity index (χ0) is 20.1. The van der Waals surface area contributed by atoms with Crippen LogP contribution in [0.25, 0.3) is 0 Å². The van der Waals surface area contributed by atoms with Gasteiger partial charge in [0.1, 0.15) is 11.6 Å². The van der Waals surface area contributed by atoms with Crippen LogP contribution in [0.15, 0.2) is 6.20 Å². The monoisotopic (exact) mass is 387 g/mol. The first-order chi connectivity index (χ1) is 13.4. The largest absolute Gasteiger partial charge is 0.366 e. The van der Waals surface area contributed by atoms with Crippen LogP contribution in [0.1, 0.15) is 75.0 Å². The molecule has 1 aliphatic heterocycles. The average Bonchev–Trinajstić information content (AvgIpc) is 2.69. The van der Waals surface area contributed by atoms with Gasteiger partial charge in [-0.05, 0) is 24.7 Å². The second-order valence-electron chi connectivity index (χ2n) is 8.42. The molecule has 0 unspecified atom stereocenters. The molecule has 1 aromatic heterocycles. The van der Waals surface area contributed by atoms with Crippen molar-refractivity contribution < 1.29 is 9.59 Å². The van der Waals surface area contributed by atoms with E-state index < -0.39 is 5.91 Å². The number of carbonyl (C=O) groups excluding carboxylic acids is 2. The van der Waals surface area contributed by atoms with E-state index in [1.54, 1.807) is 13.1 Å². The lowest BCUT2D eigenvalue weighted by Crippen LogP contribution is -2.41. The van der Waals surface area contributed by atoms with Crippen LogP contribution in [0.5, 0.6) is 0 Å². The first-order valence-electron chi connectivity index (χ1n) is 10.6. The molecule has 7 heteroatoms. The van der Waals surface area contributed by atoms with Crippen LogP contribution in [0.2, 0.25) is 0 Å². The van der Waals surface area contributed by atoms with Crippen molar-refractivity contribution in [3.05, 3.63) is 17.6 Å². The summed E-state index contributed by atoms with van der Waals surface area (Å²) >= 11 is 0. The van der Waals surface area contributed by atoms with Crippen LogP contribution in [0.4, 0.5) is 5.82 Å². The van der Waals surface area contributed by atoms with E-state index >= 15 is 0 Å². The molecule has 0 aromatic carbocycles. The molecule has 0 bridgehead atoms. The van der Waals surface area contributed by atoms with Gasteiger partial charge >= 0.3 is 0 Å². The number of nitrogens with one attached hydrogen (secondary N) is 1. The Morgan fingerprint density at radius 1 is 1.21 bits per heavy atom. The third kappa shape index (κ3) is 5.20. The van der Waals surface area contributed by atoms with E-state index in [1.165, 1.54) is 32.1 Å². The van der Waals surface area contributed by atoms with Gasteiger partial charge in [0.2, 0.25) is 5.91 Å². The Kier molecular flexibility index (Phi) is 6.86. The van der Waals surface area contributed by atoms with E-state index in [2.05, 4.69) is 22.2 Å². The van der Waals surface area contributed by atoms with Gasteiger partial charge in [-0.1, -0.05) is 39.0 Å². The number of nitrogens with two attached hydrogens (primary N) is 1. The maximum absolute atomic E-state index is 11.8. The van der Waals surface area contributed by atoms with E-state index in [1.807, 2.05) is 4.90 Å². The summed E-state index contributed by atoms with van der Waals surface area (Å²) in [5.41, 5.74) is 5.87. The highest BCUT2D eigenvalue weighted by Gasteiger charge is 2.24. The number of hydrogen-bond donors (Lipinski definition) is 2. The molecule has 1 saturated carbocycles. The molecule has 7 nitrogen and oxygen atoms in total. The molecule has 154 valence electrons. The van der Waals surface area contributed by atoms with Gasteiger partial charge in [0.05, 0.1) is 5.56 Å². The SMILES string of the molecule is CC(=O)N1CCC(Nc2nc(C[C@@H](C)C3CCCCC3)ncc2C(N)=O)CC1. The number of rotatable bonds is 6. The first kappa shape index (κ1) is 20.6. The minimum atomic E-state index is -0.518. The van der Waals surface area contributed by atoms with E-state index in [9.17, 15) is 9.59 Å². The van der Waals surface area contributed by atoms with Gasteiger partial charge in [0.15, 0.2) is 0 Å². The van der Waals surface area contributed by atoms with Gasteiger partial charge < -0.3 is 16.0 Å². The lowest BCUT2D eigenvalue weighted by atomic mass is 9.79. The average molecular weight is 388 g/mol. The third-order valence-electron chi connectivity index (χ3n) is 6.34. The van der Waals surface area contributed by atoms with Crippen molar-refractivity contribution in [2.75, 3.05) is 18.4 Å². The van der Waals surface area contributed by atoms with E-state index in [0.717, 1.165) is 44.1 Å². The lowest BCUT2D eigenvalue weighted by molar-refractivity contribution is -0.129. The number of aromatic nitrogens is 2. The molecule has 2 heterocycles. The summed E-state index contributed by atoms with van der Waals surface area (Å²) in [5.74, 6) is 2.17. The van der Waals surface area contributed by atoms with Crippen molar-refractivity contribution in [2.24, 2.45) is 17.6 Å². The molecule has 1 saturated heterocycles. The second-order valence-corrected chi connectivity index (χ2v) is 8.42. The summed E-state index contributed by atoms with van der Waals surface area (Å²) in [7, 11) is 0. The number of amides is 2. The predicted octanol–water partition coefficient (Wildman–Crippen LogP) is 2.76. The zero-order valence-electron chi connectivity index (χ0n) is 17.1. The number of anilines is 1. The van der Waals surface area contributed by atoms with E-state index in [0.29, 0.717) is 17.3 Å². The summed E-state index contributed by atoms with van der Waals surface area (Å²) in [4.78, 5) is 34.3. The smallest absolute Gasteiger partial charge is 0.254 e. The fraction of sp³-hybridized carbons (Fsp3) is 0.714. The summed E-state index contributed by atoms with van der Waals surface area (Å²) in [5, 5.41) is 3.39. The summed E-state index contributed by atoms with van der Waals surface area (Å²) in [6.07, 6.45) is 10.6. The Hall–Kier alpha value is -2.18. The summed E-state index contributed by atoms with van der Waals surface area (Å²) in [6.45, 7) is 5.32. The fourth-order valence-corrected chi connectivity index (χ4v) is 4.50. The Labute approximate surface area is 167 Å². The maximum Gasteiger partial charge on any atom is 0.254 e. The predicted molar refractivity (Wildman–Crippen MR) is 109 cm³/mol. The molecule has 28 heavy (non-hydrogen) atoms. The number of likely N-dealkylation sites (tertiary alicyclic amines) is 1. The van der Waals surface area contributed by atoms with Crippen molar-refractivity contribution in [2.45, 2.75) is 71.3 Å². The van der Waals surface area contributed by atoms with Gasteiger partial charge in [-0.3, -0.25) is 9.59 Å². The van der Waals surface area contributed by atoms with Crippen molar-refractivity contribution in [3.63, 3.8) is 0 Å². The number of piperidine rings is 1. The van der Waals surface area contributed by atoms with Crippen LogP contribution in [0.3, 0.4) is 0 Å². The van der Waals surface area contributed by atoms with Crippen LogP contribution < -0.4 is 11.1 Å². The second kappa shape index (κ2) is 9.34. The van der Waals surface area contributed by atoms with Crippen molar-refractivity contribution >= 4 is 17.6 Å². The molecule has 0 radical (unpaired) electrons. The van der Waals surface area contributed by atoms with Crippen LogP contribution >= 0.6 is 0 Å². The Morgan fingerprint density at radius 2 is 1.89 bits per heavy atom. The van der Waals surface area contributed by atoms with Crippen LogP contribution in [-0.4, -0.2) is 45.8 Å². The van der Waals surface area contributed by atoms with Gasteiger partial charge in [0, 0.05) is 38.7 Å². The maximum atomic E-state index is 11.8. The molecular formula is C21H33N5O2. The molecule has 0 spiro atoms. The van der Waals surface area contributed by atoms with Crippen molar-refractivity contribution in [1.82, 2.24) is 14.9 Å². The standard InChI is InChI=1S/C21H33N5O2/c1-14(16-6-4-3-5-7-16)12-19-23-13-18(20(22)28)21(25-19)24-17-8-10-26(11-9-17)15(2)27/h13-14,16-17H,3-12H2,1-2H3,(H2,22,28)(H,23,24,25)/t14-/m1/s1. The highest BCUT2D eigenvalue weighted by molar-refractivity contribution is 5.97. The van der Waals surface area contributed by atoms with Crippen LogP contribution in [-0.2, 0) is 11.2 Å². The van der Waals surface area contributed by atoms with E-state index in [4.69, 9.17) is 5.73 Å². The first-order valence-corrected chi connectivity index (χ1v) is 10.6. The van der Waals surface area contributed by atoms with Gasteiger partial charge in [0.25, 0.3) is 5.91 Å². The molecule has 2 fully saturated rings.